The van der Waals surface area contributed by atoms with Crippen LogP contribution in [0.5, 0.6) is 0 Å². The molecule has 1 aromatic carbocycles. The van der Waals surface area contributed by atoms with Crippen LogP contribution < -0.4 is 4.90 Å². The first-order valence-corrected chi connectivity index (χ1v) is 7.67. The predicted octanol–water partition coefficient (Wildman–Crippen LogP) is 1.84. The molecule has 1 saturated heterocycles. The minimum absolute atomic E-state index is 0.00935. The third kappa shape index (κ3) is 3.44. The summed E-state index contributed by atoms with van der Waals surface area (Å²) in [5.74, 6) is -0.192. The van der Waals surface area contributed by atoms with E-state index in [9.17, 15) is 9.59 Å². The van der Waals surface area contributed by atoms with Crippen LogP contribution in [0.3, 0.4) is 0 Å². The summed E-state index contributed by atoms with van der Waals surface area (Å²) in [6.45, 7) is 0.431. The van der Waals surface area contributed by atoms with Gasteiger partial charge in [0.25, 0.3) is 5.91 Å². The van der Waals surface area contributed by atoms with Crippen LogP contribution in [0, 0.1) is 0 Å². The van der Waals surface area contributed by atoms with Crippen molar-refractivity contribution in [2.45, 2.75) is 12.5 Å². The Bertz CT molecular complexity index is 733. The highest BCUT2D eigenvalue weighted by atomic mass is 16.5. The average molecular weight is 326 g/mol. The summed E-state index contributed by atoms with van der Waals surface area (Å²) in [7, 11) is 1.32. The second kappa shape index (κ2) is 7.23. The molecule has 6 heteroatoms. The predicted molar refractivity (Wildman–Crippen MR) is 87.8 cm³/mol. The molecule has 3 rings (SSSR count). The zero-order valence-electron chi connectivity index (χ0n) is 13.3. The number of amides is 1. The Morgan fingerprint density at radius 3 is 2.88 bits per heavy atom. The molecule has 0 aliphatic carbocycles. The fourth-order valence-electron chi connectivity index (χ4n) is 2.78. The molecular weight excluding hydrogens is 308 g/mol. The quantitative estimate of drug-likeness (QED) is 0.802. The molecule has 1 aromatic heterocycles. The lowest BCUT2D eigenvalue weighted by atomic mass is 10.0. The van der Waals surface area contributed by atoms with Crippen LogP contribution in [-0.2, 0) is 20.7 Å². The molecule has 0 N–H and O–H groups in total. The number of esters is 1. The number of rotatable bonds is 4. The van der Waals surface area contributed by atoms with Gasteiger partial charge < -0.3 is 9.47 Å². The van der Waals surface area contributed by atoms with Crippen LogP contribution in [0.2, 0.25) is 0 Å². The Morgan fingerprint density at radius 2 is 2.12 bits per heavy atom. The zero-order valence-corrected chi connectivity index (χ0v) is 13.3. The van der Waals surface area contributed by atoms with E-state index in [0.717, 1.165) is 5.56 Å². The average Bonchev–Trinajstić information content (AvgIpc) is 2.62. The maximum absolute atomic E-state index is 12.4. The molecule has 1 aliphatic rings. The first kappa shape index (κ1) is 16.1. The van der Waals surface area contributed by atoms with E-state index >= 15 is 0 Å². The lowest BCUT2D eigenvalue weighted by molar-refractivity contribution is -0.127. The molecule has 1 fully saturated rings. The van der Waals surface area contributed by atoms with E-state index in [4.69, 9.17) is 9.47 Å². The molecule has 0 bridgehead atoms. The van der Waals surface area contributed by atoms with Crippen molar-refractivity contribution in [3.63, 3.8) is 0 Å². The van der Waals surface area contributed by atoms with Crippen LogP contribution in [0.1, 0.15) is 15.9 Å². The standard InChI is InChI=1S/C18H18N2O4/c1-23-18(22)14-7-8-19-16(10-14)20-15(11-24-12-17(20)21)9-13-5-3-2-4-6-13/h2-8,10,15H,9,11-12H2,1H3/t15-/m1/s1. The number of morpholine rings is 1. The lowest BCUT2D eigenvalue weighted by Crippen LogP contribution is -2.51. The van der Waals surface area contributed by atoms with Crippen LogP contribution in [0.25, 0.3) is 0 Å². The van der Waals surface area contributed by atoms with Crippen LogP contribution in [0.4, 0.5) is 5.82 Å². The SMILES string of the molecule is COC(=O)c1ccnc(N2C(=O)COC[C@H]2Cc2ccccc2)c1. The second-order valence-corrected chi connectivity index (χ2v) is 5.52. The molecule has 2 aromatic rings. The largest absolute Gasteiger partial charge is 0.465 e. The third-order valence-corrected chi connectivity index (χ3v) is 3.90. The van der Waals surface area contributed by atoms with Crippen LogP contribution >= 0.6 is 0 Å². The molecule has 24 heavy (non-hydrogen) atoms. The smallest absolute Gasteiger partial charge is 0.338 e. The highest BCUT2D eigenvalue weighted by molar-refractivity contribution is 5.96. The van der Waals surface area contributed by atoms with E-state index in [-0.39, 0.29) is 18.6 Å². The van der Waals surface area contributed by atoms with Gasteiger partial charge in [-0.2, -0.15) is 0 Å². The van der Waals surface area contributed by atoms with Crippen molar-refractivity contribution < 1.29 is 19.1 Å². The van der Waals surface area contributed by atoms with E-state index in [0.29, 0.717) is 24.4 Å². The first-order valence-electron chi connectivity index (χ1n) is 7.67. The maximum atomic E-state index is 12.4. The number of ether oxygens (including phenoxy) is 2. The van der Waals surface area contributed by atoms with E-state index in [2.05, 4.69) is 4.98 Å². The van der Waals surface area contributed by atoms with Gasteiger partial charge >= 0.3 is 5.97 Å². The van der Waals surface area contributed by atoms with Crippen molar-refractivity contribution in [1.82, 2.24) is 4.98 Å². The minimum Gasteiger partial charge on any atom is -0.465 e. The molecule has 1 atom stereocenters. The highest BCUT2D eigenvalue weighted by Crippen LogP contribution is 2.22. The van der Waals surface area contributed by atoms with Gasteiger partial charge in [0, 0.05) is 6.20 Å². The fourth-order valence-corrected chi connectivity index (χ4v) is 2.78. The van der Waals surface area contributed by atoms with E-state index in [1.165, 1.54) is 13.3 Å². The summed E-state index contributed by atoms with van der Waals surface area (Å²) in [5.41, 5.74) is 1.47. The Balaban J connectivity index is 1.89. The number of anilines is 1. The van der Waals surface area contributed by atoms with Crippen molar-refractivity contribution in [1.29, 1.82) is 0 Å². The van der Waals surface area contributed by atoms with Gasteiger partial charge in [0.15, 0.2) is 0 Å². The topological polar surface area (TPSA) is 68.7 Å². The normalized spacial score (nSPS) is 17.6. The summed E-state index contributed by atoms with van der Waals surface area (Å²) in [5, 5.41) is 0. The summed E-state index contributed by atoms with van der Waals surface area (Å²) < 4.78 is 10.1. The van der Waals surface area contributed by atoms with Gasteiger partial charge in [-0.25, -0.2) is 9.78 Å². The molecule has 124 valence electrons. The number of aromatic nitrogens is 1. The summed E-state index contributed by atoms with van der Waals surface area (Å²) in [6, 6.07) is 12.9. The number of methoxy groups -OCH3 is 1. The van der Waals surface area contributed by atoms with Gasteiger partial charge in [-0.3, -0.25) is 9.69 Å². The molecule has 0 saturated carbocycles. The van der Waals surface area contributed by atoms with E-state index in [1.807, 2.05) is 30.3 Å². The Hall–Kier alpha value is -2.73. The van der Waals surface area contributed by atoms with Gasteiger partial charge in [-0.05, 0) is 24.1 Å². The second-order valence-electron chi connectivity index (χ2n) is 5.52. The van der Waals surface area contributed by atoms with Crippen LogP contribution in [-0.4, -0.2) is 43.2 Å². The Morgan fingerprint density at radius 1 is 1.33 bits per heavy atom. The molecule has 0 unspecified atom stereocenters. The summed E-state index contributed by atoms with van der Waals surface area (Å²) in [4.78, 5) is 30.0. The number of nitrogens with zero attached hydrogens (tertiary/aromatic N) is 2. The maximum Gasteiger partial charge on any atom is 0.338 e. The van der Waals surface area contributed by atoms with Crippen molar-refractivity contribution >= 4 is 17.7 Å². The molecule has 6 nitrogen and oxygen atoms in total. The Labute approximate surface area is 140 Å². The van der Waals surface area contributed by atoms with Crippen molar-refractivity contribution in [2.24, 2.45) is 0 Å². The van der Waals surface area contributed by atoms with Gasteiger partial charge in [-0.1, -0.05) is 30.3 Å². The van der Waals surface area contributed by atoms with Gasteiger partial charge in [0.1, 0.15) is 12.4 Å². The third-order valence-electron chi connectivity index (χ3n) is 3.90. The van der Waals surface area contributed by atoms with Crippen molar-refractivity contribution in [2.75, 3.05) is 25.2 Å². The molecule has 1 aliphatic heterocycles. The lowest BCUT2D eigenvalue weighted by Gasteiger charge is -2.34. The number of pyridine rings is 1. The first-order chi connectivity index (χ1) is 11.7. The van der Waals surface area contributed by atoms with E-state index in [1.54, 1.807) is 17.0 Å². The fraction of sp³-hybridized carbons (Fsp3) is 0.278. The van der Waals surface area contributed by atoms with Gasteiger partial charge in [0.2, 0.25) is 0 Å². The van der Waals surface area contributed by atoms with Gasteiger partial charge in [-0.15, -0.1) is 0 Å². The van der Waals surface area contributed by atoms with E-state index < -0.39 is 5.97 Å². The Kier molecular flexibility index (Phi) is 4.86. The molecule has 0 radical (unpaired) electrons. The van der Waals surface area contributed by atoms with Gasteiger partial charge in [0.05, 0.1) is 25.3 Å². The summed E-state index contributed by atoms with van der Waals surface area (Å²) in [6.07, 6.45) is 2.15. The molecule has 0 spiro atoms. The van der Waals surface area contributed by atoms with Crippen molar-refractivity contribution in [3.8, 4) is 0 Å². The molecular formula is C18H18N2O4. The van der Waals surface area contributed by atoms with Crippen molar-refractivity contribution in [3.05, 3.63) is 59.8 Å². The highest BCUT2D eigenvalue weighted by Gasteiger charge is 2.31. The van der Waals surface area contributed by atoms with Crippen LogP contribution in [0.15, 0.2) is 48.7 Å². The number of carbonyl (C=O) groups is 2. The summed E-state index contributed by atoms with van der Waals surface area (Å²) >= 11 is 0. The number of hydrogen-bond acceptors (Lipinski definition) is 5. The number of hydrogen-bond donors (Lipinski definition) is 0. The number of carbonyl (C=O) groups excluding carboxylic acids is 2. The molecule has 2 heterocycles. The monoisotopic (exact) mass is 326 g/mol. The zero-order chi connectivity index (χ0) is 16.9. The minimum atomic E-state index is -0.459. The molecule has 1 amide bonds. The number of benzene rings is 1.